The first-order chi connectivity index (χ1) is 48.3. The molecule has 0 N–H and O–H groups in total. The molecule has 0 amide bonds. The lowest BCUT2D eigenvalue weighted by Crippen LogP contribution is -2.43. The van der Waals surface area contributed by atoms with Gasteiger partial charge in [0.25, 0.3) is 0 Å². The zero-order chi connectivity index (χ0) is 73.7. The van der Waals surface area contributed by atoms with Gasteiger partial charge in [-0.3, -0.25) is 0 Å². The molecule has 4 heteroatoms. The van der Waals surface area contributed by atoms with Gasteiger partial charge in [-0.2, -0.15) is 0 Å². The first-order valence-electron chi connectivity index (χ1n) is 39.6. The zero-order valence-electron chi connectivity index (χ0n) is 67.0. The van der Waals surface area contributed by atoms with Gasteiger partial charge in [-0.05, 0) is 286 Å². The minimum Gasteiger partial charge on any atom is -0.126 e. The van der Waals surface area contributed by atoms with Gasteiger partial charge in [0, 0.05) is 22.3 Å². The first kappa shape index (κ1) is 76.0. The number of fused-ring (bicyclic) bond motifs is 9. The zero-order valence-corrected chi connectivity index (χ0v) is 71.0. The molecule has 11 aromatic rings. The van der Waals surface area contributed by atoms with Gasteiger partial charge in [-0.1, -0.05) is 263 Å². The van der Waals surface area contributed by atoms with E-state index in [1.807, 2.05) is 0 Å². The SMILES string of the molecule is CC(C)C[Si](C#Cc1c2cc3ccc(-c4ccc5cc6c(C#C[Si](C(C)C)(C(C)C)C(C)C)c7cc8ccccc8cc7c(C#C[Si](C(C)C)(C(C)C)C(C)C)c6cc5c4)cc3cc2c(C#C[Si](CC(C)C)(CC(C)C)CC(C)C)c2cc3cc4ccccc4cc3cc12)(CC(C)C)CC(C)C. The van der Waals surface area contributed by atoms with Crippen LogP contribution in [0.3, 0.4) is 0 Å². The molecule has 0 fully saturated rings. The van der Waals surface area contributed by atoms with Crippen molar-refractivity contribution in [2.24, 2.45) is 35.5 Å². The molecule has 0 spiro atoms. The van der Waals surface area contributed by atoms with E-state index in [0.717, 1.165) is 16.7 Å². The number of hydrogen-bond donors (Lipinski definition) is 0. The predicted octanol–water partition coefficient (Wildman–Crippen LogP) is 29.5. The summed E-state index contributed by atoms with van der Waals surface area (Å²) >= 11 is 0. The highest BCUT2D eigenvalue weighted by Crippen LogP contribution is 2.47. The van der Waals surface area contributed by atoms with Crippen molar-refractivity contribution >= 4 is 129 Å². The Balaban J connectivity index is 1.23. The fourth-order valence-corrected chi connectivity index (χ4v) is 42.2. The molecule has 0 atom stereocenters. The van der Waals surface area contributed by atoms with Gasteiger partial charge >= 0.3 is 0 Å². The maximum absolute atomic E-state index is 4.39. The van der Waals surface area contributed by atoms with Crippen LogP contribution < -0.4 is 0 Å². The third-order valence-corrected chi connectivity index (χ3v) is 46.9. The van der Waals surface area contributed by atoms with E-state index in [4.69, 9.17) is 0 Å². The molecule has 0 saturated carbocycles. The number of benzene rings is 11. The first-order valence-corrected chi connectivity index (χ1v) is 49.3. The van der Waals surface area contributed by atoms with E-state index in [-0.39, 0.29) is 0 Å². The molecule has 0 aliphatic rings. The molecule has 0 radical (unpaired) electrons. The van der Waals surface area contributed by atoms with E-state index in [1.54, 1.807) is 0 Å². The van der Waals surface area contributed by atoms with Crippen LogP contribution in [-0.2, 0) is 0 Å². The molecular formula is C98H120Si4. The van der Waals surface area contributed by atoms with Crippen LogP contribution in [0, 0.1) is 81.4 Å². The summed E-state index contributed by atoms with van der Waals surface area (Å²) in [4.78, 5) is 0. The third kappa shape index (κ3) is 15.2. The van der Waals surface area contributed by atoms with Crippen molar-refractivity contribution in [1.29, 1.82) is 0 Å². The van der Waals surface area contributed by atoms with Crippen LogP contribution in [0.1, 0.15) is 188 Å². The smallest absolute Gasteiger partial charge is 0.126 e. The Morgan fingerprint density at radius 3 is 0.637 bits per heavy atom. The molecule has 528 valence electrons. The Hall–Kier alpha value is -7.13. The van der Waals surface area contributed by atoms with Crippen molar-refractivity contribution in [3.05, 3.63) is 168 Å². The Kier molecular flexibility index (Phi) is 22.7. The highest BCUT2D eigenvalue weighted by atomic mass is 28.3. The molecular weight excluding hydrogens is 1290 g/mol. The number of rotatable bonds is 19. The van der Waals surface area contributed by atoms with Crippen molar-refractivity contribution in [2.45, 2.75) is 236 Å². The summed E-state index contributed by atoms with van der Waals surface area (Å²) in [6.07, 6.45) is 0. The van der Waals surface area contributed by atoms with Crippen LogP contribution in [0.4, 0.5) is 0 Å². The second-order valence-corrected chi connectivity index (χ2v) is 55.3. The molecule has 11 rings (SSSR count). The molecule has 0 aliphatic heterocycles. The summed E-state index contributed by atoms with van der Waals surface area (Å²) in [6, 6.07) is 64.3. The van der Waals surface area contributed by atoms with Gasteiger partial charge in [0.15, 0.2) is 0 Å². The molecule has 102 heavy (non-hydrogen) atoms. The van der Waals surface area contributed by atoms with Gasteiger partial charge < -0.3 is 0 Å². The van der Waals surface area contributed by atoms with E-state index in [9.17, 15) is 0 Å². The molecule has 0 aromatic heterocycles. The summed E-state index contributed by atoms with van der Waals surface area (Å²) in [5.74, 6) is 20.2. The molecule has 0 bridgehead atoms. The van der Waals surface area contributed by atoms with Crippen LogP contribution in [-0.4, -0.2) is 32.3 Å². The Morgan fingerprint density at radius 1 is 0.216 bits per heavy atom. The van der Waals surface area contributed by atoms with Crippen LogP contribution in [0.15, 0.2) is 146 Å². The van der Waals surface area contributed by atoms with Crippen LogP contribution in [0.25, 0.3) is 108 Å². The summed E-state index contributed by atoms with van der Waals surface area (Å²) < 4.78 is 0. The lowest BCUT2D eigenvalue weighted by molar-refractivity contribution is 0.650. The Labute approximate surface area is 620 Å². The van der Waals surface area contributed by atoms with Crippen molar-refractivity contribution < 1.29 is 0 Å². The van der Waals surface area contributed by atoms with Gasteiger partial charge in [-0.15, -0.1) is 22.2 Å². The summed E-state index contributed by atoms with van der Waals surface area (Å²) in [6.45, 7) is 58.4. The van der Waals surface area contributed by atoms with Crippen molar-refractivity contribution in [1.82, 2.24) is 0 Å². The Morgan fingerprint density at radius 2 is 0.412 bits per heavy atom. The topological polar surface area (TPSA) is 0 Å². The Bertz CT molecular complexity index is 5170. The average Bonchev–Trinajstić information content (AvgIpc) is 0.732. The van der Waals surface area contributed by atoms with E-state index in [0.29, 0.717) is 68.8 Å². The summed E-state index contributed by atoms with van der Waals surface area (Å²) in [5, 5.41) is 22.1. The third-order valence-electron chi connectivity index (χ3n) is 23.4. The second-order valence-electron chi connectivity index (χ2n) is 36.1. The van der Waals surface area contributed by atoms with E-state index in [2.05, 4.69) is 358 Å². The fraction of sp³-hybridized carbons (Fsp3) is 0.429. The number of hydrogen-bond acceptors (Lipinski definition) is 0. The lowest BCUT2D eigenvalue weighted by Gasteiger charge is -2.38. The van der Waals surface area contributed by atoms with Crippen LogP contribution in [0.5, 0.6) is 0 Å². The minimum absolute atomic E-state index is 0.500. The highest BCUT2D eigenvalue weighted by molar-refractivity contribution is 6.91. The molecule has 0 unspecified atom stereocenters. The lowest BCUT2D eigenvalue weighted by atomic mass is 9.87. The largest absolute Gasteiger partial charge is 0.146 e. The van der Waals surface area contributed by atoms with Gasteiger partial charge in [0.05, 0.1) is 0 Å². The monoisotopic (exact) mass is 1410 g/mol. The van der Waals surface area contributed by atoms with Gasteiger partial charge in [-0.25, -0.2) is 0 Å². The molecule has 0 saturated heterocycles. The van der Waals surface area contributed by atoms with Crippen LogP contribution >= 0.6 is 0 Å². The van der Waals surface area contributed by atoms with Crippen molar-refractivity contribution in [3.63, 3.8) is 0 Å². The van der Waals surface area contributed by atoms with Gasteiger partial charge in [0.1, 0.15) is 32.3 Å². The molecule has 0 nitrogen and oxygen atoms in total. The summed E-state index contributed by atoms with van der Waals surface area (Å²) in [5.41, 5.74) is 27.3. The standard InChI is InChI=1S/C98H120Si4/c1-63(2)57-99(58-64(3)4,59-65(5)6)41-37-87-93-51-81-35-33-79(47-83(81)53-95(93)88(38-42-100(60-66(7)8,61-67(9)10)62-68(11)12)98-56-86-46-76-30-26-25-29-75(76)45-85(86)55-97(87)98)80-34-36-82-52-94-89(39-43-101(69(13)14,70(15)16)71(17)18)91-49-77-31-27-28-32-78(77)50-92(91)90(96(94)54-84(82)48-80)40-44-102(72(19)20,73(21)22)74(23)24/h25-36,45-56,63-74H,57-62H2,1-24H3. The van der Waals surface area contributed by atoms with Crippen LogP contribution in [0.2, 0.25) is 69.5 Å². The van der Waals surface area contributed by atoms with E-state index >= 15 is 0 Å². The average molecular weight is 1410 g/mol. The maximum atomic E-state index is 4.39. The van der Waals surface area contributed by atoms with E-state index in [1.165, 1.54) is 150 Å². The normalized spacial score (nSPS) is 12.9. The maximum Gasteiger partial charge on any atom is 0.146 e. The molecule has 0 heterocycles. The molecule has 11 aromatic carbocycles. The van der Waals surface area contributed by atoms with Gasteiger partial charge in [0.2, 0.25) is 0 Å². The fourth-order valence-electron chi connectivity index (χ4n) is 20.1. The minimum atomic E-state index is -2.17. The predicted molar refractivity (Wildman–Crippen MR) is 468 cm³/mol. The van der Waals surface area contributed by atoms with E-state index < -0.39 is 32.3 Å². The quantitative estimate of drug-likeness (QED) is 0.0430. The van der Waals surface area contributed by atoms with Crippen molar-refractivity contribution in [3.8, 4) is 57.0 Å². The second kappa shape index (κ2) is 30.5. The van der Waals surface area contributed by atoms with Crippen molar-refractivity contribution in [2.75, 3.05) is 0 Å². The highest BCUT2D eigenvalue weighted by Gasteiger charge is 2.43. The molecule has 0 aliphatic carbocycles. The summed E-state index contributed by atoms with van der Waals surface area (Å²) in [7, 11) is -8.62.